The number of carbonyl (C=O) groups is 2. The zero-order valence-corrected chi connectivity index (χ0v) is 10.0. The summed E-state index contributed by atoms with van der Waals surface area (Å²) in [5, 5.41) is 5.27. The van der Waals surface area contributed by atoms with Crippen molar-refractivity contribution in [2.24, 2.45) is 0 Å². The summed E-state index contributed by atoms with van der Waals surface area (Å²) in [6.07, 6.45) is 5.00. The van der Waals surface area contributed by atoms with E-state index in [2.05, 4.69) is 16.6 Å². The summed E-state index contributed by atoms with van der Waals surface area (Å²) in [5.74, 6) is 2.03. The summed E-state index contributed by atoms with van der Waals surface area (Å²) >= 11 is 0. The van der Waals surface area contributed by atoms with Crippen molar-refractivity contribution in [1.29, 1.82) is 0 Å². The third-order valence-corrected chi connectivity index (χ3v) is 1.66. The van der Waals surface area contributed by atoms with Gasteiger partial charge in [-0.15, -0.1) is 6.42 Å². The van der Waals surface area contributed by atoms with Crippen molar-refractivity contribution in [2.75, 3.05) is 26.7 Å². The molecule has 0 saturated heterocycles. The van der Waals surface area contributed by atoms with Crippen LogP contribution in [0.1, 0.15) is 13.8 Å². The van der Waals surface area contributed by atoms with Gasteiger partial charge in [-0.2, -0.15) is 0 Å². The van der Waals surface area contributed by atoms with Crippen LogP contribution in [0.5, 0.6) is 0 Å². The maximum absolute atomic E-state index is 11.3. The highest BCUT2D eigenvalue weighted by atomic mass is 16.2. The fourth-order valence-electron chi connectivity index (χ4n) is 1.12. The Morgan fingerprint density at radius 3 is 2.38 bits per heavy atom. The molecule has 0 aliphatic carbocycles. The number of hydrogen-bond donors (Lipinski definition) is 2. The average Bonchev–Trinajstić information content (AvgIpc) is 2.12. The van der Waals surface area contributed by atoms with Crippen molar-refractivity contribution in [2.45, 2.75) is 19.9 Å². The predicted octanol–water partition coefficient (Wildman–Crippen LogP) is -0.808. The van der Waals surface area contributed by atoms with Crippen molar-refractivity contribution in [1.82, 2.24) is 15.5 Å². The second-order valence-electron chi connectivity index (χ2n) is 3.88. The van der Waals surface area contributed by atoms with Gasteiger partial charge in [-0.05, 0) is 20.9 Å². The van der Waals surface area contributed by atoms with Gasteiger partial charge in [0.15, 0.2) is 0 Å². The van der Waals surface area contributed by atoms with Crippen LogP contribution in [0.4, 0.5) is 0 Å². The molecule has 90 valence electrons. The standard InChI is InChI=1S/C11H19N3O2/c1-5-6-12-10(15)7-14(4)8-11(16)13-9(2)3/h1,9H,6-8H2,2-4H3,(H,12,15)(H,13,16). The zero-order chi connectivity index (χ0) is 12.6. The number of hydrogen-bond acceptors (Lipinski definition) is 3. The van der Waals surface area contributed by atoms with Crippen molar-refractivity contribution in [3.05, 3.63) is 0 Å². The third-order valence-electron chi connectivity index (χ3n) is 1.66. The molecule has 0 spiro atoms. The van der Waals surface area contributed by atoms with Gasteiger partial charge in [0.05, 0.1) is 19.6 Å². The summed E-state index contributed by atoms with van der Waals surface area (Å²) in [7, 11) is 1.70. The molecule has 0 atom stereocenters. The number of nitrogens with one attached hydrogen (secondary N) is 2. The Hall–Kier alpha value is -1.54. The molecule has 0 aliphatic rings. The van der Waals surface area contributed by atoms with Crippen LogP contribution in [0.3, 0.4) is 0 Å². The van der Waals surface area contributed by atoms with Crippen LogP contribution < -0.4 is 10.6 Å². The topological polar surface area (TPSA) is 61.4 Å². The maximum Gasteiger partial charge on any atom is 0.234 e. The lowest BCUT2D eigenvalue weighted by atomic mass is 10.4. The number of carbonyl (C=O) groups excluding carboxylic acids is 2. The van der Waals surface area contributed by atoms with E-state index in [1.54, 1.807) is 11.9 Å². The lowest BCUT2D eigenvalue weighted by molar-refractivity contribution is -0.124. The van der Waals surface area contributed by atoms with Crippen LogP contribution >= 0.6 is 0 Å². The van der Waals surface area contributed by atoms with Crippen LogP contribution in [-0.2, 0) is 9.59 Å². The van der Waals surface area contributed by atoms with E-state index in [0.29, 0.717) is 0 Å². The molecule has 0 aromatic rings. The Morgan fingerprint density at radius 2 is 1.88 bits per heavy atom. The maximum atomic E-state index is 11.3. The lowest BCUT2D eigenvalue weighted by Gasteiger charge is -2.16. The van der Waals surface area contributed by atoms with E-state index < -0.39 is 0 Å². The molecular formula is C11H19N3O2. The van der Waals surface area contributed by atoms with Gasteiger partial charge >= 0.3 is 0 Å². The van der Waals surface area contributed by atoms with E-state index >= 15 is 0 Å². The van der Waals surface area contributed by atoms with E-state index in [4.69, 9.17) is 6.42 Å². The van der Waals surface area contributed by atoms with E-state index in [0.717, 1.165) is 0 Å². The molecule has 2 N–H and O–H groups in total. The molecule has 0 radical (unpaired) electrons. The first-order valence-corrected chi connectivity index (χ1v) is 5.13. The van der Waals surface area contributed by atoms with Crippen molar-refractivity contribution >= 4 is 11.8 Å². The highest BCUT2D eigenvalue weighted by Crippen LogP contribution is 1.84. The molecular weight excluding hydrogens is 206 g/mol. The van der Waals surface area contributed by atoms with Gasteiger partial charge in [-0.25, -0.2) is 0 Å². The zero-order valence-electron chi connectivity index (χ0n) is 10.0. The predicted molar refractivity (Wildman–Crippen MR) is 62.6 cm³/mol. The van der Waals surface area contributed by atoms with Gasteiger partial charge < -0.3 is 10.6 Å². The molecule has 0 rings (SSSR count). The van der Waals surface area contributed by atoms with E-state index in [9.17, 15) is 9.59 Å². The van der Waals surface area contributed by atoms with Crippen LogP contribution in [0.15, 0.2) is 0 Å². The van der Waals surface area contributed by atoms with E-state index in [1.807, 2.05) is 13.8 Å². The Bertz CT molecular complexity index is 281. The minimum Gasteiger partial charge on any atom is -0.353 e. The van der Waals surface area contributed by atoms with Crippen LogP contribution in [0, 0.1) is 12.3 Å². The Morgan fingerprint density at radius 1 is 1.31 bits per heavy atom. The number of terminal acetylenes is 1. The number of rotatable bonds is 6. The Kier molecular flexibility index (Phi) is 6.97. The van der Waals surface area contributed by atoms with E-state index in [1.165, 1.54) is 0 Å². The first-order chi connectivity index (χ1) is 7.45. The lowest BCUT2D eigenvalue weighted by Crippen LogP contribution is -2.42. The van der Waals surface area contributed by atoms with Gasteiger partial charge in [0.2, 0.25) is 11.8 Å². The summed E-state index contributed by atoms with van der Waals surface area (Å²) < 4.78 is 0. The second kappa shape index (κ2) is 7.71. The molecule has 5 heteroatoms. The number of likely N-dealkylation sites (N-methyl/N-ethyl adjacent to an activating group) is 1. The van der Waals surface area contributed by atoms with Crippen molar-refractivity contribution in [3.8, 4) is 12.3 Å². The molecule has 0 bridgehead atoms. The molecule has 0 aromatic carbocycles. The Labute approximate surface area is 96.6 Å². The normalized spacial score (nSPS) is 10.0. The van der Waals surface area contributed by atoms with Crippen LogP contribution in [0.25, 0.3) is 0 Å². The van der Waals surface area contributed by atoms with Crippen LogP contribution in [0.2, 0.25) is 0 Å². The first-order valence-electron chi connectivity index (χ1n) is 5.13. The average molecular weight is 225 g/mol. The smallest absolute Gasteiger partial charge is 0.234 e. The molecule has 2 amide bonds. The van der Waals surface area contributed by atoms with Gasteiger partial charge in [0, 0.05) is 6.04 Å². The van der Waals surface area contributed by atoms with Crippen LogP contribution in [-0.4, -0.2) is 49.4 Å². The highest BCUT2D eigenvalue weighted by Gasteiger charge is 2.10. The SMILES string of the molecule is C#CCNC(=O)CN(C)CC(=O)NC(C)C. The van der Waals surface area contributed by atoms with Gasteiger partial charge in [0.25, 0.3) is 0 Å². The molecule has 0 unspecified atom stereocenters. The summed E-state index contributed by atoms with van der Waals surface area (Å²) in [5.41, 5.74) is 0. The van der Waals surface area contributed by atoms with Crippen molar-refractivity contribution in [3.63, 3.8) is 0 Å². The number of amides is 2. The molecule has 0 heterocycles. The minimum atomic E-state index is -0.183. The summed E-state index contributed by atoms with van der Waals surface area (Å²) in [6, 6.07) is 0.108. The van der Waals surface area contributed by atoms with Gasteiger partial charge in [0.1, 0.15) is 0 Å². The monoisotopic (exact) mass is 225 g/mol. The highest BCUT2D eigenvalue weighted by molar-refractivity contribution is 5.81. The molecule has 0 saturated carbocycles. The first kappa shape index (κ1) is 14.5. The fourth-order valence-corrected chi connectivity index (χ4v) is 1.12. The molecule has 0 aliphatic heterocycles. The summed E-state index contributed by atoms with van der Waals surface area (Å²) in [4.78, 5) is 24.2. The van der Waals surface area contributed by atoms with Gasteiger partial charge in [-0.3, -0.25) is 14.5 Å². The fraction of sp³-hybridized carbons (Fsp3) is 0.636. The largest absolute Gasteiger partial charge is 0.353 e. The number of nitrogens with zero attached hydrogens (tertiary/aromatic N) is 1. The third kappa shape index (κ3) is 7.83. The summed E-state index contributed by atoms with van der Waals surface area (Å²) in [6.45, 7) is 4.34. The second-order valence-corrected chi connectivity index (χ2v) is 3.88. The molecule has 0 fully saturated rings. The Balaban J connectivity index is 3.81. The molecule has 0 aromatic heterocycles. The quantitative estimate of drug-likeness (QED) is 0.581. The van der Waals surface area contributed by atoms with Gasteiger partial charge in [-0.1, -0.05) is 5.92 Å². The molecule has 5 nitrogen and oxygen atoms in total. The minimum absolute atomic E-state index is 0.0951. The molecule has 16 heavy (non-hydrogen) atoms. The van der Waals surface area contributed by atoms with E-state index in [-0.39, 0.29) is 37.5 Å². The van der Waals surface area contributed by atoms with Crippen molar-refractivity contribution < 1.29 is 9.59 Å².